The third-order valence-electron chi connectivity index (χ3n) is 8.25. The number of benzene rings is 2. The predicted octanol–water partition coefficient (Wildman–Crippen LogP) is 2.91. The van der Waals surface area contributed by atoms with Crippen LogP contribution in [0.3, 0.4) is 0 Å². The molecule has 0 saturated heterocycles. The smallest absolute Gasteiger partial charge is 0.320 e. The highest BCUT2D eigenvalue weighted by molar-refractivity contribution is 5.74. The van der Waals surface area contributed by atoms with Gasteiger partial charge in [-0.1, -0.05) is 42.5 Å². The Labute approximate surface area is 330 Å². The number of aromatic nitrogens is 3. The largest absolute Gasteiger partial charge is 0.494 e. The summed E-state index contributed by atoms with van der Waals surface area (Å²) in [6.45, 7) is 11.9. The Bertz CT molecular complexity index is 1430. The minimum Gasteiger partial charge on any atom is -0.494 e. The molecule has 1 atom stereocenters. The van der Waals surface area contributed by atoms with Crippen LogP contribution in [0.25, 0.3) is 11.1 Å². The molecule has 0 spiro atoms. The molecular formula is C40H63N5O11. The molecule has 1 aromatic heterocycles. The van der Waals surface area contributed by atoms with Gasteiger partial charge in [0.25, 0.3) is 0 Å². The number of hydrogen-bond acceptors (Lipinski definition) is 14. The summed E-state index contributed by atoms with van der Waals surface area (Å²) in [5, 5.41) is 17.5. The highest BCUT2D eigenvalue weighted by Crippen LogP contribution is 2.28. The van der Waals surface area contributed by atoms with E-state index in [-0.39, 0.29) is 0 Å². The molecule has 1 heterocycles. The van der Waals surface area contributed by atoms with Crippen LogP contribution in [-0.4, -0.2) is 144 Å². The molecular weight excluding hydrogens is 726 g/mol. The number of carboxylic acids is 1. The van der Waals surface area contributed by atoms with Gasteiger partial charge in [-0.05, 0) is 60.1 Å². The van der Waals surface area contributed by atoms with Crippen LogP contribution in [0, 0.1) is 0 Å². The van der Waals surface area contributed by atoms with Crippen LogP contribution in [0.1, 0.15) is 36.6 Å². The number of aliphatic carboxylic acids is 1. The summed E-state index contributed by atoms with van der Waals surface area (Å²) in [7, 11) is 0. The summed E-state index contributed by atoms with van der Waals surface area (Å²) in [5.74, 6) is -0.159. The van der Waals surface area contributed by atoms with E-state index >= 15 is 0 Å². The monoisotopic (exact) mass is 789 g/mol. The lowest BCUT2D eigenvalue weighted by atomic mass is 9.96. The van der Waals surface area contributed by atoms with Gasteiger partial charge in [-0.3, -0.25) is 9.48 Å². The highest BCUT2D eigenvalue weighted by Gasteiger charge is 2.13. The van der Waals surface area contributed by atoms with E-state index in [1.54, 1.807) is 0 Å². The van der Waals surface area contributed by atoms with Crippen molar-refractivity contribution < 1.29 is 52.5 Å². The van der Waals surface area contributed by atoms with E-state index in [1.165, 1.54) is 5.56 Å². The fraction of sp³-hybridized carbons (Fsp3) is 0.625. The molecule has 2 aromatic carbocycles. The minimum absolute atomic E-state index is 0.297. The van der Waals surface area contributed by atoms with Crippen LogP contribution in [-0.2, 0) is 68.7 Å². The molecule has 314 valence electrons. The number of aryl methyl sites for hydroxylation is 2. The molecule has 5 N–H and O–H groups in total. The van der Waals surface area contributed by atoms with Crippen LogP contribution < -0.4 is 16.2 Å². The maximum absolute atomic E-state index is 11.1. The maximum Gasteiger partial charge on any atom is 0.320 e. The number of hydrogen-bond donors (Lipinski definition) is 3. The van der Waals surface area contributed by atoms with Crippen molar-refractivity contribution in [1.29, 1.82) is 0 Å². The van der Waals surface area contributed by atoms with Crippen molar-refractivity contribution in [2.45, 2.75) is 51.8 Å². The molecule has 0 radical (unpaired) electrons. The Hall–Kier alpha value is -3.55. The fourth-order valence-electron chi connectivity index (χ4n) is 5.27. The summed E-state index contributed by atoms with van der Waals surface area (Å²) in [5.41, 5.74) is 16.1. The van der Waals surface area contributed by atoms with Crippen molar-refractivity contribution in [3.63, 3.8) is 0 Å². The molecule has 3 aromatic rings. The Kier molecular flexibility index (Phi) is 25.6. The molecule has 0 amide bonds. The molecule has 0 bridgehead atoms. The number of rotatable bonds is 36. The fourth-order valence-corrected chi connectivity index (χ4v) is 5.27. The molecule has 56 heavy (non-hydrogen) atoms. The van der Waals surface area contributed by atoms with Gasteiger partial charge < -0.3 is 59.2 Å². The van der Waals surface area contributed by atoms with E-state index in [2.05, 4.69) is 29.4 Å². The topological polar surface area (TPSA) is 203 Å². The van der Waals surface area contributed by atoms with Gasteiger partial charge in [0.15, 0.2) is 0 Å². The van der Waals surface area contributed by atoms with Gasteiger partial charge in [0.05, 0.1) is 119 Å². The predicted molar refractivity (Wildman–Crippen MR) is 210 cm³/mol. The van der Waals surface area contributed by atoms with Crippen molar-refractivity contribution >= 4 is 5.97 Å². The second-order valence-corrected chi connectivity index (χ2v) is 12.7. The zero-order chi connectivity index (χ0) is 39.9. The highest BCUT2D eigenvalue weighted by atomic mass is 16.6. The van der Waals surface area contributed by atoms with Gasteiger partial charge in [-0.15, -0.1) is 5.10 Å². The normalized spacial score (nSPS) is 12.0. The lowest BCUT2D eigenvalue weighted by Crippen LogP contribution is -2.32. The summed E-state index contributed by atoms with van der Waals surface area (Å²) in [6, 6.07) is 13.1. The van der Waals surface area contributed by atoms with Crippen LogP contribution in [0.15, 0.2) is 48.7 Å². The van der Waals surface area contributed by atoms with E-state index in [0.29, 0.717) is 125 Å². The third kappa shape index (κ3) is 21.1. The number of unbranched alkanes of at least 4 members (excludes halogenated alkanes) is 1. The van der Waals surface area contributed by atoms with Crippen molar-refractivity contribution in [3.05, 3.63) is 65.5 Å². The van der Waals surface area contributed by atoms with Crippen molar-refractivity contribution in [2.75, 3.05) is 112 Å². The van der Waals surface area contributed by atoms with E-state index < -0.39 is 12.0 Å². The SMILES string of the molecule is CCc1cc(OCCCCn2cc(COCCOCCOCCOCCOCCOCCOCCOCCN)nn2)ccc1-c1ccc(CC(N)C(=O)O)cc1. The van der Waals surface area contributed by atoms with Gasteiger partial charge in [0.2, 0.25) is 0 Å². The second-order valence-electron chi connectivity index (χ2n) is 12.7. The number of nitrogens with zero attached hydrogens (tertiary/aromatic N) is 3. The van der Waals surface area contributed by atoms with Crippen LogP contribution in [0.2, 0.25) is 0 Å². The first-order valence-electron chi connectivity index (χ1n) is 19.5. The summed E-state index contributed by atoms with van der Waals surface area (Å²) >= 11 is 0. The third-order valence-corrected chi connectivity index (χ3v) is 8.25. The molecule has 0 fully saturated rings. The second kappa shape index (κ2) is 30.6. The Morgan fingerprint density at radius 2 is 1.25 bits per heavy atom. The zero-order valence-electron chi connectivity index (χ0n) is 33.0. The van der Waals surface area contributed by atoms with Crippen molar-refractivity contribution in [2.24, 2.45) is 11.5 Å². The molecule has 0 saturated carbocycles. The Morgan fingerprint density at radius 1 is 0.714 bits per heavy atom. The Morgan fingerprint density at radius 3 is 1.77 bits per heavy atom. The van der Waals surface area contributed by atoms with Gasteiger partial charge in [0.1, 0.15) is 17.5 Å². The maximum atomic E-state index is 11.1. The van der Waals surface area contributed by atoms with Gasteiger partial charge in [0, 0.05) is 13.1 Å². The van der Waals surface area contributed by atoms with E-state index in [9.17, 15) is 4.79 Å². The average molecular weight is 790 g/mol. The van der Waals surface area contributed by atoms with E-state index in [0.717, 1.165) is 53.9 Å². The van der Waals surface area contributed by atoms with Crippen LogP contribution >= 0.6 is 0 Å². The molecule has 0 aliphatic heterocycles. The lowest BCUT2D eigenvalue weighted by Gasteiger charge is -2.13. The van der Waals surface area contributed by atoms with E-state index in [1.807, 2.05) is 41.2 Å². The average Bonchev–Trinajstić information content (AvgIpc) is 3.67. The summed E-state index contributed by atoms with van der Waals surface area (Å²) in [6.07, 6.45) is 4.84. The molecule has 3 rings (SSSR count). The van der Waals surface area contributed by atoms with Gasteiger partial charge in [-0.25, -0.2) is 0 Å². The molecule has 16 heteroatoms. The van der Waals surface area contributed by atoms with Crippen LogP contribution in [0.4, 0.5) is 0 Å². The number of nitrogens with two attached hydrogens (primary N) is 2. The van der Waals surface area contributed by atoms with Crippen LogP contribution in [0.5, 0.6) is 5.75 Å². The summed E-state index contributed by atoms with van der Waals surface area (Å²) < 4.78 is 51.6. The number of carbonyl (C=O) groups is 1. The lowest BCUT2D eigenvalue weighted by molar-refractivity contribution is -0.138. The molecule has 16 nitrogen and oxygen atoms in total. The first kappa shape index (κ1) is 46.8. The molecule has 0 aliphatic carbocycles. The molecule has 0 aliphatic rings. The van der Waals surface area contributed by atoms with E-state index in [4.69, 9.17) is 59.2 Å². The number of carboxylic acid groups (broad SMARTS) is 1. The Balaban J connectivity index is 1.10. The standard InChI is InChI=1S/C40H63N5O11/c1-2-34-30-37(9-10-38(34)35-7-5-33(6-8-35)29-39(42)40(46)47)56-13-4-3-12-45-31-36(43-44-45)32-55-28-27-54-26-25-53-24-23-52-22-21-51-20-19-50-18-17-49-16-15-48-14-11-41/h5-10,30-31,39H,2-4,11-29,32,41-42H2,1H3,(H,46,47). The van der Waals surface area contributed by atoms with Gasteiger partial charge in [-0.2, -0.15) is 0 Å². The minimum atomic E-state index is -0.999. The summed E-state index contributed by atoms with van der Waals surface area (Å²) in [4.78, 5) is 11.1. The van der Waals surface area contributed by atoms with Gasteiger partial charge >= 0.3 is 5.97 Å². The van der Waals surface area contributed by atoms with Crippen molar-refractivity contribution in [1.82, 2.24) is 15.0 Å². The van der Waals surface area contributed by atoms with Crippen molar-refractivity contribution in [3.8, 4) is 16.9 Å². The quantitative estimate of drug-likeness (QED) is 0.0726. The molecule has 1 unspecified atom stereocenters. The first-order chi connectivity index (χ1) is 27.5. The number of ether oxygens (including phenoxy) is 9. The zero-order valence-corrected chi connectivity index (χ0v) is 33.0. The first-order valence-corrected chi connectivity index (χ1v) is 19.5.